The van der Waals surface area contributed by atoms with E-state index in [2.05, 4.69) is 14.7 Å². The summed E-state index contributed by atoms with van der Waals surface area (Å²) in [6.45, 7) is 0. The van der Waals surface area contributed by atoms with Crippen LogP contribution in [0.15, 0.2) is 36.5 Å². The molecule has 5 heteroatoms. The van der Waals surface area contributed by atoms with Crippen molar-refractivity contribution >= 4 is 5.97 Å². The third-order valence-electron chi connectivity index (χ3n) is 2.41. The Morgan fingerprint density at radius 2 is 1.83 bits per heavy atom. The highest BCUT2D eigenvalue weighted by molar-refractivity contribution is 5.85. The topological polar surface area (TPSA) is 61.3 Å². The Labute approximate surface area is 104 Å². The molecule has 0 aliphatic rings. The first-order chi connectivity index (χ1) is 8.74. The fraction of sp³-hybridized carbons (Fsp3) is 0.154. The van der Waals surface area contributed by atoms with Crippen molar-refractivity contribution in [2.45, 2.75) is 0 Å². The quantitative estimate of drug-likeness (QED) is 0.772. The van der Waals surface area contributed by atoms with Gasteiger partial charge in [-0.05, 0) is 30.3 Å². The van der Waals surface area contributed by atoms with Gasteiger partial charge >= 0.3 is 5.97 Å². The lowest BCUT2D eigenvalue weighted by Crippen LogP contribution is -2.07. The van der Waals surface area contributed by atoms with E-state index >= 15 is 0 Å². The molecule has 0 aliphatic heterocycles. The molecule has 2 aromatic rings. The van der Waals surface area contributed by atoms with Gasteiger partial charge in [0.15, 0.2) is 0 Å². The normalized spacial score (nSPS) is 9.89. The van der Waals surface area contributed by atoms with Crippen molar-refractivity contribution in [3.63, 3.8) is 0 Å². The number of rotatable bonds is 3. The van der Waals surface area contributed by atoms with Crippen molar-refractivity contribution in [2.75, 3.05) is 14.2 Å². The summed E-state index contributed by atoms with van der Waals surface area (Å²) in [5, 5.41) is 0. The summed E-state index contributed by atoms with van der Waals surface area (Å²) in [6, 6.07) is 9.11. The summed E-state index contributed by atoms with van der Waals surface area (Å²) in [6.07, 6.45) is 1.53. The Balaban J connectivity index is 2.35. The molecule has 2 rings (SSSR count). The van der Waals surface area contributed by atoms with Gasteiger partial charge in [-0.3, -0.25) is 0 Å². The lowest BCUT2D eigenvalue weighted by Gasteiger charge is -2.04. The second-order valence-electron chi connectivity index (χ2n) is 3.49. The molecule has 0 fully saturated rings. The van der Waals surface area contributed by atoms with Crippen molar-refractivity contribution in [3.05, 3.63) is 42.4 Å². The summed E-state index contributed by atoms with van der Waals surface area (Å²) >= 11 is 0. The number of nitrogens with zero attached hydrogens (tertiary/aromatic N) is 2. The predicted octanol–water partition coefficient (Wildman–Crippen LogP) is 1.94. The van der Waals surface area contributed by atoms with Crippen LogP contribution in [0.5, 0.6) is 5.75 Å². The van der Waals surface area contributed by atoms with Crippen LogP contribution < -0.4 is 4.74 Å². The van der Waals surface area contributed by atoms with E-state index < -0.39 is 5.97 Å². The number of esters is 1. The van der Waals surface area contributed by atoms with Crippen molar-refractivity contribution < 1.29 is 14.3 Å². The summed E-state index contributed by atoms with van der Waals surface area (Å²) in [7, 11) is 2.90. The molecule has 0 N–H and O–H groups in total. The number of aromatic nitrogens is 2. The average molecular weight is 244 g/mol. The zero-order valence-corrected chi connectivity index (χ0v) is 10.1. The zero-order valence-electron chi connectivity index (χ0n) is 10.1. The van der Waals surface area contributed by atoms with Crippen LogP contribution in [0, 0.1) is 0 Å². The van der Waals surface area contributed by atoms with E-state index in [9.17, 15) is 4.79 Å². The molecule has 0 amide bonds. The molecule has 0 radical (unpaired) electrons. The molecule has 0 saturated carbocycles. The van der Waals surface area contributed by atoms with Gasteiger partial charge in [-0.2, -0.15) is 0 Å². The fourth-order valence-corrected chi connectivity index (χ4v) is 1.47. The van der Waals surface area contributed by atoms with Crippen LogP contribution >= 0.6 is 0 Å². The van der Waals surface area contributed by atoms with Gasteiger partial charge < -0.3 is 9.47 Å². The third kappa shape index (κ3) is 2.45. The smallest absolute Gasteiger partial charge is 0.376 e. The molecule has 18 heavy (non-hydrogen) atoms. The maximum absolute atomic E-state index is 11.3. The maximum atomic E-state index is 11.3. The summed E-state index contributed by atoms with van der Waals surface area (Å²) in [5.74, 6) is 0.261. The van der Waals surface area contributed by atoms with Crippen molar-refractivity contribution in [1.29, 1.82) is 0 Å². The fourth-order valence-electron chi connectivity index (χ4n) is 1.47. The number of hydrogen-bond acceptors (Lipinski definition) is 5. The van der Waals surface area contributed by atoms with E-state index in [4.69, 9.17) is 4.74 Å². The molecule has 1 heterocycles. The molecular weight excluding hydrogens is 232 g/mol. The van der Waals surface area contributed by atoms with Gasteiger partial charge in [0.1, 0.15) is 5.75 Å². The second kappa shape index (κ2) is 5.27. The second-order valence-corrected chi connectivity index (χ2v) is 3.49. The molecule has 0 spiro atoms. The van der Waals surface area contributed by atoms with Crippen LogP contribution in [-0.4, -0.2) is 30.2 Å². The lowest BCUT2D eigenvalue weighted by atomic mass is 10.1. The Kier molecular flexibility index (Phi) is 3.52. The van der Waals surface area contributed by atoms with Gasteiger partial charge in [0, 0.05) is 11.8 Å². The standard InChI is InChI=1S/C13H12N2O3/c1-17-10-5-3-9(4-6-10)11-7-8-14-12(15-11)13(16)18-2/h3-8H,1-2H3. The third-order valence-corrected chi connectivity index (χ3v) is 2.41. The summed E-state index contributed by atoms with van der Waals surface area (Å²) < 4.78 is 9.66. The minimum atomic E-state index is -0.551. The highest BCUT2D eigenvalue weighted by atomic mass is 16.5. The molecule has 0 saturated heterocycles. The minimum absolute atomic E-state index is 0.0471. The SMILES string of the molecule is COC(=O)c1nccc(-c2ccc(OC)cc2)n1. The first-order valence-electron chi connectivity index (χ1n) is 5.30. The van der Waals surface area contributed by atoms with Crippen LogP contribution in [0.2, 0.25) is 0 Å². The van der Waals surface area contributed by atoms with Gasteiger partial charge in [-0.15, -0.1) is 0 Å². The number of benzene rings is 1. The summed E-state index contributed by atoms with van der Waals surface area (Å²) in [4.78, 5) is 19.3. The number of carbonyl (C=O) groups is 1. The van der Waals surface area contributed by atoms with E-state index in [1.165, 1.54) is 13.3 Å². The predicted molar refractivity (Wildman–Crippen MR) is 65.4 cm³/mol. The van der Waals surface area contributed by atoms with Gasteiger partial charge in [0.05, 0.1) is 19.9 Å². The largest absolute Gasteiger partial charge is 0.497 e. The Morgan fingerprint density at radius 3 is 2.44 bits per heavy atom. The molecule has 1 aromatic carbocycles. The van der Waals surface area contributed by atoms with E-state index in [1.807, 2.05) is 24.3 Å². The monoisotopic (exact) mass is 244 g/mol. The lowest BCUT2D eigenvalue weighted by molar-refractivity contribution is 0.0587. The van der Waals surface area contributed by atoms with Crippen LogP contribution in [0.1, 0.15) is 10.6 Å². The Hall–Kier alpha value is -2.43. The Morgan fingerprint density at radius 1 is 1.11 bits per heavy atom. The first kappa shape index (κ1) is 12.0. The van der Waals surface area contributed by atoms with Crippen molar-refractivity contribution in [3.8, 4) is 17.0 Å². The van der Waals surface area contributed by atoms with Crippen molar-refractivity contribution in [2.24, 2.45) is 0 Å². The molecule has 5 nitrogen and oxygen atoms in total. The molecule has 0 bridgehead atoms. The van der Waals surface area contributed by atoms with Crippen LogP contribution in [-0.2, 0) is 4.74 Å². The highest BCUT2D eigenvalue weighted by Crippen LogP contribution is 2.20. The van der Waals surface area contributed by atoms with Crippen LogP contribution in [0.3, 0.4) is 0 Å². The molecule has 0 unspecified atom stereocenters. The zero-order chi connectivity index (χ0) is 13.0. The van der Waals surface area contributed by atoms with Crippen molar-refractivity contribution in [1.82, 2.24) is 9.97 Å². The van der Waals surface area contributed by atoms with E-state index in [0.29, 0.717) is 5.69 Å². The van der Waals surface area contributed by atoms with Gasteiger partial charge in [0.25, 0.3) is 0 Å². The average Bonchev–Trinajstić information content (AvgIpc) is 2.46. The minimum Gasteiger partial charge on any atom is -0.497 e. The van der Waals surface area contributed by atoms with Crippen LogP contribution in [0.4, 0.5) is 0 Å². The Bertz CT molecular complexity index is 552. The number of ether oxygens (including phenoxy) is 2. The number of hydrogen-bond donors (Lipinski definition) is 0. The van der Waals surface area contributed by atoms with Crippen LogP contribution in [0.25, 0.3) is 11.3 Å². The molecule has 0 aliphatic carbocycles. The van der Waals surface area contributed by atoms with E-state index in [1.54, 1.807) is 13.2 Å². The van der Waals surface area contributed by atoms with Gasteiger partial charge in [0.2, 0.25) is 5.82 Å². The molecular formula is C13H12N2O3. The number of carbonyl (C=O) groups excluding carboxylic acids is 1. The maximum Gasteiger partial charge on any atom is 0.376 e. The molecule has 92 valence electrons. The van der Waals surface area contributed by atoms with Gasteiger partial charge in [-0.1, -0.05) is 0 Å². The molecule has 1 aromatic heterocycles. The number of methoxy groups -OCH3 is 2. The van der Waals surface area contributed by atoms with Gasteiger partial charge in [-0.25, -0.2) is 14.8 Å². The van der Waals surface area contributed by atoms with E-state index in [-0.39, 0.29) is 5.82 Å². The van der Waals surface area contributed by atoms with E-state index in [0.717, 1.165) is 11.3 Å². The first-order valence-corrected chi connectivity index (χ1v) is 5.30. The molecule has 0 atom stereocenters. The highest BCUT2D eigenvalue weighted by Gasteiger charge is 2.10. The summed E-state index contributed by atoms with van der Waals surface area (Å²) in [5.41, 5.74) is 1.54.